The van der Waals surface area contributed by atoms with Crippen LogP contribution in [0.25, 0.3) is 0 Å². The number of nitrogens with one attached hydrogen (secondary N) is 1. The van der Waals surface area contributed by atoms with Crippen LogP contribution in [-0.2, 0) is 6.42 Å². The predicted octanol–water partition coefficient (Wildman–Crippen LogP) is 5.22. The van der Waals surface area contributed by atoms with Crippen molar-refractivity contribution in [2.45, 2.75) is 52.0 Å². The van der Waals surface area contributed by atoms with Gasteiger partial charge in [-0.1, -0.05) is 42.3 Å². The summed E-state index contributed by atoms with van der Waals surface area (Å²) >= 11 is 1.22. The van der Waals surface area contributed by atoms with E-state index in [1.807, 2.05) is 12.1 Å². The molecule has 0 bridgehead atoms. The van der Waals surface area contributed by atoms with Gasteiger partial charge in [0.25, 0.3) is 11.1 Å². The Bertz CT molecular complexity index is 1050. The molecule has 6 nitrogen and oxygen atoms in total. The van der Waals surface area contributed by atoms with E-state index >= 15 is 0 Å². The van der Waals surface area contributed by atoms with E-state index in [2.05, 4.69) is 57.7 Å². The summed E-state index contributed by atoms with van der Waals surface area (Å²) in [5, 5.41) is 3.51. The molecule has 2 heterocycles. The average molecular weight is 465 g/mol. The van der Waals surface area contributed by atoms with Gasteiger partial charge in [-0.25, -0.2) is 0 Å². The average Bonchev–Trinajstić information content (AvgIpc) is 3.26. The number of likely N-dealkylation sites (tertiary alicyclic amines) is 1. The lowest BCUT2D eigenvalue weighted by Gasteiger charge is -2.33. The Balaban J connectivity index is 1.26. The molecule has 2 aromatic carbocycles. The Morgan fingerprint density at radius 1 is 1.21 bits per heavy atom. The van der Waals surface area contributed by atoms with Crippen LogP contribution in [0.3, 0.4) is 0 Å². The summed E-state index contributed by atoms with van der Waals surface area (Å²) in [5.74, 6) is 1.24. The van der Waals surface area contributed by atoms with Gasteiger partial charge in [-0.3, -0.25) is 4.79 Å². The number of piperidine rings is 1. The minimum Gasteiger partial charge on any atom is -0.430 e. The van der Waals surface area contributed by atoms with Crippen LogP contribution in [0, 0.1) is 6.92 Å². The molecule has 3 aromatic rings. The lowest BCUT2D eigenvalue weighted by Crippen LogP contribution is -2.39. The van der Waals surface area contributed by atoms with Crippen LogP contribution in [0.15, 0.2) is 48.5 Å². The molecule has 1 aliphatic rings. The van der Waals surface area contributed by atoms with Gasteiger partial charge in [-0.2, -0.15) is 9.36 Å². The maximum absolute atomic E-state index is 12.6. The van der Waals surface area contributed by atoms with E-state index in [0.717, 1.165) is 18.8 Å². The van der Waals surface area contributed by atoms with Gasteiger partial charge in [0.05, 0.1) is 0 Å². The highest BCUT2D eigenvalue weighted by Gasteiger charge is 2.17. The second-order valence-electron chi connectivity index (χ2n) is 8.76. The van der Waals surface area contributed by atoms with Crippen LogP contribution in [-0.4, -0.2) is 45.8 Å². The Labute approximate surface area is 200 Å². The van der Waals surface area contributed by atoms with Crippen molar-refractivity contribution in [3.63, 3.8) is 0 Å². The lowest BCUT2D eigenvalue weighted by molar-refractivity contribution is 0.0948. The largest absolute Gasteiger partial charge is 0.430 e. The van der Waals surface area contributed by atoms with Gasteiger partial charge in [0.15, 0.2) is 5.82 Å². The standard InChI is InChI=1S/C26H32N4O2S/c1-19-10-12-21(13-11-19)17-24-28-26(33-29-24)32-23-9-5-8-22(18-23)25(31)27-14-6-16-30-15-4-3-7-20(30)2/h5,8-13,18,20H,3-4,6-7,14-17H2,1-2H3,(H,27,31). The van der Waals surface area contributed by atoms with Crippen molar-refractivity contribution in [1.82, 2.24) is 19.6 Å². The summed E-state index contributed by atoms with van der Waals surface area (Å²) in [4.78, 5) is 19.6. The molecule has 7 heteroatoms. The number of carbonyl (C=O) groups is 1. The SMILES string of the molecule is Cc1ccc(Cc2nsc(Oc3cccc(C(=O)NCCCN4CCCCC4C)c3)n2)cc1. The quantitative estimate of drug-likeness (QED) is 0.440. The zero-order valence-corrected chi connectivity index (χ0v) is 20.2. The number of aryl methyl sites for hydroxylation is 1. The molecule has 0 saturated carbocycles. The van der Waals surface area contributed by atoms with Crippen molar-refractivity contribution >= 4 is 17.4 Å². The van der Waals surface area contributed by atoms with Gasteiger partial charge in [0.1, 0.15) is 5.75 Å². The molecule has 33 heavy (non-hydrogen) atoms. The zero-order valence-electron chi connectivity index (χ0n) is 19.4. The molecule has 1 fully saturated rings. The maximum Gasteiger partial charge on any atom is 0.298 e. The van der Waals surface area contributed by atoms with Crippen molar-refractivity contribution < 1.29 is 9.53 Å². The number of rotatable bonds is 9. The van der Waals surface area contributed by atoms with Gasteiger partial charge in [0.2, 0.25) is 0 Å². The van der Waals surface area contributed by atoms with Crippen molar-refractivity contribution in [2.24, 2.45) is 0 Å². The van der Waals surface area contributed by atoms with E-state index in [9.17, 15) is 4.79 Å². The fraction of sp³-hybridized carbons (Fsp3) is 0.423. The fourth-order valence-electron chi connectivity index (χ4n) is 4.12. The van der Waals surface area contributed by atoms with E-state index in [1.54, 1.807) is 12.1 Å². The minimum absolute atomic E-state index is 0.0792. The van der Waals surface area contributed by atoms with Gasteiger partial charge >= 0.3 is 0 Å². The molecule has 1 aromatic heterocycles. The molecule has 174 valence electrons. The number of amides is 1. The second-order valence-corrected chi connectivity index (χ2v) is 9.47. The first kappa shape index (κ1) is 23.4. The Morgan fingerprint density at radius 3 is 2.88 bits per heavy atom. The van der Waals surface area contributed by atoms with Gasteiger partial charge < -0.3 is 15.0 Å². The van der Waals surface area contributed by atoms with Crippen LogP contribution in [0.4, 0.5) is 0 Å². The molecule has 0 spiro atoms. The second kappa shape index (κ2) is 11.4. The third kappa shape index (κ3) is 6.85. The molecule has 0 radical (unpaired) electrons. The monoisotopic (exact) mass is 464 g/mol. The molecule has 1 N–H and O–H groups in total. The predicted molar refractivity (Wildman–Crippen MR) is 132 cm³/mol. The highest BCUT2D eigenvalue weighted by atomic mass is 32.1. The van der Waals surface area contributed by atoms with Crippen LogP contribution in [0.1, 0.15) is 59.9 Å². The van der Waals surface area contributed by atoms with Crippen molar-refractivity contribution in [1.29, 1.82) is 0 Å². The van der Waals surface area contributed by atoms with Crippen LogP contribution < -0.4 is 10.1 Å². The van der Waals surface area contributed by atoms with Gasteiger partial charge in [-0.05, 0) is 63.4 Å². The van der Waals surface area contributed by atoms with Gasteiger partial charge in [-0.15, -0.1) is 0 Å². The van der Waals surface area contributed by atoms with Crippen LogP contribution in [0.5, 0.6) is 10.9 Å². The molecule has 1 unspecified atom stereocenters. The molecule has 1 atom stereocenters. The van der Waals surface area contributed by atoms with Crippen molar-refractivity contribution in [3.8, 4) is 10.9 Å². The zero-order chi connectivity index (χ0) is 23.0. The first-order valence-corrected chi connectivity index (χ1v) is 12.5. The molecule has 1 saturated heterocycles. The third-order valence-corrected chi connectivity index (χ3v) is 6.71. The van der Waals surface area contributed by atoms with E-state index in [0.29, 0.717) is 35.5 Å². The molecule has 4 rings (SSSR count). The number of aromatic nitrogens is 2. The number of carbonyl (C=O) groups excluding carboxylic acids is 1. The Morgan fingerprint density at radius 2 is 2.06 bits per heavy atom. The highest BCUT2D eigenvalue weighted by molar-refractivity contribution is 7.07. The molecule has 1 aliphatic heterocycles. The van der Waals surface area contributed by atoms with E-state index in [-0.39, 0.29) is 5.91 Å². The summed E-state index contributed by atoms with van der Waals surface area (Å²) in [5.41, 5.74) is 2.98. The first-order chi connectivity index (χ1) is 16.1. The number of benzene rings is 2. The third-order valence-electron chi connectivity index (χ3n) is 6.08. The minimum atomic E-state index is -0.0792. The van der Waals surface area contributed by atoms with Crippen molar-refractivity contribution in [2.75, 3.05) is 19.6 Å². The van der Waals surface area contributed by atoms with E-state index in [4.69, 9.17) is 4.74 Å². The van der Waals surface area contributed by atoms with Gasteiger partial charge in [0, 0.05) is 42.6 Å². The molecule has 1 amide bonds. The Kier molecular flexibility index (Phi) is 8.07. The maximum atomic E-state index is 12.6. The fourth-order valence-corrected chi connectivity index (χ4v) is 4.69. The topological polar surface area (TPSA) is 67.3 Å². The summed E-state index contributed by atoms with van der Waals surface area (Å²) in [6.45, 7) is 7.25. The molecule has 0 aliphatic carbocycles. The number of nitrogens with zero attached hydrogens (tertiary/aromatic N) is 3. The lowest BCUT2D eigenvalue weighted by atomic mass is 10.0. The summed E-state index contributed by atoms with van der Waals surface area (Å²) in [7, 11) is 0. The number of hydrogen-bond donors (Lipinski definition) is 1. The normalized spacial score (nSPS) is 16.5. The summed E-state index contributed by atoms with van der Waals surface area (Å²) in [6.07, 6.45) is 5.52. The summed E-state index contributed by atoms with van der Waals surface area (Å²) in [6, 6.07) is 16.2. The molecular formula is C26H32N4O2S. The van der Waals surface area contributed by atoms with Crippen LogP contribution in [0.2, 0.25) is 0 Å². The van der Waals surface area contributed by atoms with Crippen LogP contribution >= 0.6 is 11.5 Å². The number of hydrogen-bond acceptors (Lipinski definition) is 6. The number of ether oxygens (including phenoxy) is 1. The van der Waals surface area contributed by atoms with E-state index < -0.39 is 0 Å². The van der Waals surface area contributed by atoms with Crippen molar-refractivity contribution in [3.05, 3.63) is 71.0 Å². The smallest absolute Gasteiger partial charge is 0.298 e. The highest BCUT2D eigenvalue weighted by Crippen LogP contribution is 2.25. The van der Waals surface area contributed by atoms with E-state index in [1.165, 1.54) is 48.5 Å². The Hall–Kier alpha value is -2.77. The molecular weight excluding hydrogens is 432 g/mol. The first-order valence-electron chi connectivity index (χ1n) is 11.7. The summed E-state index contributed by atoms with van der Waals surface area (Å²) < 4.78 is 10.3.